The molecule has 0 saturated carbocycles. The van der Waals surface area contributed by atoms with E-state index in [1.807, 2.05) is 13.8 Å². The van der Waals surface area contributed by atoms with Crippen LogP contribution < -0.4 is 0 Å². The van der Waals surface area contributed by atoms with E-state index < -0.39 is 0 Å². The molecule has 11 heavy (non-hydrogen) atoms. The maximum Gasteiger partial charge on any atom is 0.160 e. The Morgan fingerprint density at radius 3 is 2.55 bits per heavy atom. The highest BCUT2D eigenvalue weighted by Gasteiger charge is 2.04. The number of nitrogens with zero attached hydrogens (tertiary/aromatic N) is 1. The molecule has 1 rings (SSSR count). The average Bonchev–Trinajstić information content (AvgIpc) is 1.94. The smallest absolute Gasteiger partial charge is 0.160 e. The third-order valence-electron chi connectivity index (χ3n) is 1.84. The molecule has 2 nitrogen and oxygen atoms in total. The normalized spacial score (nSPS) is 9.73. The maximum atomic E-state index is 11.0. The van der Waals surface area contributed by atoms with Crippen LogP contribution in [0.15, 0.2) is 12.3 Å². The number of hydrogen-bond acceptors (Lipinski definition) is 2. The highest BCUT2D eigenvalue weighted by atomic mass is 16.1. The van der Waals surface area contributed by atoms with Crippen molar-refractivity contribution in [1.82, 2.24) is 4.98 Å². The molecule has 0 fully saturated rings. The molecule has 0 saturated heterocycles. The summed E-state index contributed by atoms with van der Waals surface area (Å²) >= 11 is 0. The molecule has 0 aliphatic rings. The van der Waals surface area contributed by atoms with Crippen LogP contribution in [0.1, 0.15) is 28.5 Å². The number of rotatable bonds is 1. The van der Waals surface area contributed by atoms with Crippen molar-refractivity contribution < 1.29 is 4.79 Å². The Hall–Kier alpha value is -1.18. The highest BCUT2D eigenvalue weighted by molar-refractivity contribution is 5.95. The van der Waals surface area contributed by atoms with Crippen LogP contribution in [-0.2, 0) is 0 Å². The quantitative estimate of drug-likeness (QED) is 0.571. The Bertz CT molecular complexity index is 292. The molecular formula is C9H11NO. The SMILES string of the molecule is CC(=O)c1ccnc(C)c1C. The Morgan fingerprint density at radius 1 is 1.45 bits per heavy atom. The van der Waals surface area contributed by atoms with Crippen LogP contribution in [0.3, 0.4) is 0 Å². The number of ketones is 1. The van der Waals surface area contributed by atoms with Gasteiger partial charge in [0.1, 0.15) is 0 Å². The summed E-state index contributed by atoms with van der Waals surface area (Å²) in [6.45, 7) is 5.39. The molecule has 0 aromatic carbocycles. The Morgan fingerprint density at radius 2 is 2.09 bits per heavy atom. The predicted molar refractivity (Wildman–Crippen MR) is 43.7 cm³/mol. The second kappa shape index (κ2) is 2.82. The van der Waals surface area contributed by atoms with Crippen molar-refractivity contribution in [1.29, 1.82) is 0 Å². The third-order valence-corrected chi connectivity index (χ3v) is 1.84. The number of aromatic nitrogens is 1. The Labute approximate surface area is 66.3 Å². The van der Waals surface area contributed by atoms with E-state index >= 15 is 0 Å². The van der Waals surface area contributed by atoms with Gasteiger partial charge < -0.3 is 0 Å². The van der Waals surface area contributed by atoms with Gasteiger partial charge in [-0.05, 0) is 32.4 Å². The summed E-state index contributed by atoms with van der Waals surface area (Å²) in [6.07, 6.45) is 1.67. The topological polar surface area (TPSA) is 30.0 Å². The zero-order chi connectivity index (χ0) is 8.43. The number of carbonyl (C=O) groups is 1. The van der Waals surface area contributed by atoms with Gasteiger partial charge in [0.05, 0.1) is 0 Å². The Kier molecular flexibility index (Phi) is 2.03. The lowest BCUT2D eigenvalue weighted by molar-refractivity contribution is 0.101. The summed E-state index contributed by atoms with van der Waals surface area (Å²) in [5.41, 5.74) is 2.69. The van der Waals surface area contributed by atoms with E-state index in [2.05, 4.69) is 4.98 Å². The van der Waals surface area contributed by atoms with Crippen LogP contribution in [0.25, 0.3) is 0 Å². The van der Waals surface area contributed by atoms with E-state index in [1.165, 1.54) is 0 Å². The monoisotopic (exact) mass is 149 g/mol. The van der Waals surface area contributed by atoms with Gasteiger partial charge in [-0.1, -0.05) is 0 Å². The molecule has 1 aromatic heterocycles. The molecule has 0 N–H and O–H groups in total. The fourth-order valence-corrected chi connectivity index (χ4v) is 1.02. The van der Waals surface area contributed by atoms with Gasteiger partial charge in [-0.2, -0.15) is 0 Å². The van der Waals surface area contributed by atoms with Crippen molar-refractivity contribution in [3.8, 4) is 0 Å². The highest BCUT2D eigenvalue weighted by Crippen LogP contribution is 2.09. The minimum atomic E-state index is 0.105. The Balaban J connectivity index is 3.27. The number of hydrogen-bond donors (Lipinski definition) is 0. The molecule has 58 valence electrons. The fourth-order valence-electron chi connectivity index (χ4n) is 1.02. The standard InChI is InChI=1S/C9H11NO/c1-6-7(2)10-5-4-9(6)8(3)11/h4-5H,1-3H3. The first kappa shape index (κ1) is 7.92. The van der Waals surface area contributed by atoms with E-state index in [0.29, 0.717) is 0 Å². The van der Waals surface area contributed by atoms with Gasteiger partial charge >= 0.3 is 0 Å². The van der Waals surface area contributed by atoms with Crippen molar-refractivity contribution >= 4 is 5.78 Å². The summed E-state index contributed by atoms with van der Waals surface area (Å²) in [5.74, 6) is 0.105. The summed E-state index contributed by atoms with van der Waals surface area (Å²) in [6, 6.07) is 1.75. The van der Waals surface area contributed by atoms with Crippen LogP contribution in [0.4, 0.5) is 0 Å². The first-order chi connectivity index (χ1) is 5.13. The zero-order valence-corrected chi connectivity index (χ0v) is 7.01. The molecule has 0 atom stereocenters. The number of aryl methyl sites for hydroxylation is 1. The van der Waals surface area contributed by atoms with E-state index in [1.54, 1.807) is 19.2 Å². The minimum Gasteiger partial charge on any atom is -0.294 e. The molecule has 0 aliphatic carbocycles. The van der Waals surface area contributed by atoms with Crippen molar-refractivity contribution in [3.05, 3.63) is 29.1 Å². The fraction of sp³-hybridized carbons (Fsp3) is 0.333. The maximum absolute atomic E-state index is 11.0. The molecule has 1 aromatic rings. The number of Topliss-reactive ketones (excluding diaryl/α,β-unsaturated/α-hetero) is 1. The molecule has 2 heteroatoms. The van der Waals surface area contributed by atoms with E-state index in [-0.39, 0.29) is 5.78 Å². The van der Waals surface area contributed by atoms with Crippen LogP contribution in [0, 0.1) is 13.8 Å². The van der Waals surface area contributed by atoms with Gasteiger partial charge in [-0.15, -0.1) is 0 Å². The van der Waals surface area contributed by atoms with E-state index in [9.17, 15) is 4.79 Å². The van der Waals surface area contributed by atoms with Gasteiger partial charge in [0.25, 0.3) is 0 Å². The number of pyridine rings is 1. The summed E-state index contributed by atoms with van der Waals surface area (Å²) in [5, 5.41) is 0. The molecule has 0 amide bonds. The van der Waals surface area contributed by atoms with Gasteiger partial charge in [0, 0.05) is 17.5 Å². The van der Waals surface area contributed by atoms with Crippen molar-refractivity contribution in [2.75, 3.05) is 0 Å². The third kappa shape index (κ3) is 1.45. The molecule has 1 heterocycles. The predicted octanol–water partition coefficient (Wildman–Crippen LogP) is 1.90. The number of carbonyl (C=O) groups excluding carboxylic acids is 1. The first-order valence-electron chi connectivity index (χ1n) is 3.56. The molecule has 0 bridgehead atoms. The average molecular weight is 149 g/mol. The van der Waals surface area contributed by atoms with Crippen molar-refractivity contribution in [2.45, 2.75) is 20.8 Å². The van der Waals surface area contributed by atoms with Crippen LogP contribution in [0.5, 0.6) is 0 Å². The van der Waals surface area contributed by atoms with Crippen LogP contribution >= 0.6 is 0 Å². The molecule has 0 radical (unpaired) electrons. The second-order valence-corrected chi connectivity index (χ2v) is 2.63. The van der Waals surface area contributed by atoms with Gasteiger partial charge in [0.2, 0.25) is 0 Å². The molecule has 0 spiro atoms. The largest absolute Gasteiger partial charge is 0.294 e. The summed E-state index contributed by atoms with van der Waals surface area (Å²) < 4.78 is 0. The van der Waals surface area contributed by atoms with Crippen LogP contribution in [-0.4, -0.2) is 10.8 Å². The van der Waals surface area contributed by atoms with Gasteiger partial charge in [0.15, 0.2) is 5.78 Å². The lowest BCUT2D eigenvalue weighted by Crippen LogP contribution is -1.99. The summed E-state index contributed by atoms with van der Waals surface area (Å²) in [7, 11) is 0. The second-order valence-electron chi connectivity index (χ2n) is 2.63. The lowest BCUT2D eigenvalue weighted by atomic mass is 10.1. The summed E-state index contributed by atoms with van der Waals surface area (Å²) in [4.78, 5) is 15.1. The molecule has 0 unspecified atom stereocenters. The van der Waals surface area contributed by atoms with E-state index in [0.717, 1.165) is 16.8 Å². The molecular weight excluding hydrogens is 138 g/mol. The van der Waals surface area contributed by atoms with Crippen molar-refractivity contribution in [3.63, 3.8) is 0 Å². The molecule has 0 aliphatic heterocycles. The minimum absolute atomic E-state index is 0.105. The lowest BCUT2D eigenvalue weighted by Gasteiger charge is -2.02. The zero-order valence-electron chi connectivity index (χ0n) is 7.01. The van der Waals surface area contributed by atoms with Crippen molar-refractivity contribution in [2.24, 2.45) is 0 Å². The van der Waals surface area contributed by atoms with Gasteiger partial charge in [-0.3, -0.25) is 9.78 Å². The van der Waals surface area contributed by atoms with E-state index in [4.69, 9.17) is 0 Å². The van der Waals surface area contributed by atoms with Gasteiger partial charge in [-0.25, -0.2) is 0 Å². The first-order valence-corrected chi connectivity index (χ1v) is 3.56. The van der Waals surface area contributed by atoms with Crippen LogP contribution in [0.2, 0.25) is 0 Å².